The maximum Gasteiger partial charge on any atom is 0.360 e. The molecule has 204 valence electrons. The zero-order valence-corrected chi connectivity index (χ0v) is 24.5. The van der Waals surface area contributed by atoms with Crippen LogP contribution in [0.4, 0.5) is 0 Å². The molecule has 2 atom stereocenters. The highest BCUT2D eigenvalue weighted by Gasteiger charge is 2.48. The molecule has 0 amide bonds. The molecule has 8 nitrogen and oxygen atoms in total. The summed E-state index contributed by atoms with van der Waals surface area (Å²) in [6.45, 7) is 3.93. The molecule has 3 aromatic rings. The van der Waals surface area contributed by atoms with Gasteiger partial charge in [0.15, 0.2) is 5.69 Å². The van der Waals surface area contributed by atoms with Gasteiger partial charge in [-0.25, -0.2) is 18.2 Å². The molecule has 1 aliphatic rings. The molecular formula is C28H33BrN2O6S. The predicted molar refractivity (Wildman–Crippen MR) is 148 cm³/mol. The summed E-state index contributed by atoms with van der Waals surface area (Å²) in [6.07, 6.45) is 3.63. The van der Waals surface area contributed by atoms with Gasteiger partial charge < -0.3 is 13.9 Å². The normalized spacial score (nSPS) is 19.6. The first-order valence-corrected chi connectivity index (χ1v) is 15.2. The number of methoxy groups -OCH3 is 1. The summed E-state index contributed by atoms with van der Waals surface area (Å²) in [5.74, 6) is 1.03. The van der Waals surface area contributed by atoms with E-state index in [1.165, 1.54) is 6.26 Å². The van der Waals surface area contributed by atoms with Gasteiger partial charge in [-0.05, 0) is 74.9 Å². The fourth-order valence-corrected chi connectivity index (χ4v) is 6.80. The van der Waals surface area contributed by atoms with Crippen LogP contribution in [0, 0.1) is 6.92 Å². The van der Waals surface area contributed by atoms with Gasteiger partial charge in [-0.3, -0.25) is 0 Å². The third-order valence-corrected chi connectivity index (χ3v) is 8.84. The average Bonchev–Trinajstić information content (AvgIpc) is 3.47. The van der Waals surface area contributed by atoms with Crippen molar-refractivity contribution in [1.82, 2.24) is 9.29 Å². The van der Waals surface area contributed by atoms with Crippen LogP contribution in [0.3, 0.4) is 0 Å². The number of halogens is 1. The minimum Gasteiger partial charge on any atom is -0.497 e. The quantitative estimate of drug-likeness (QED) is 0.285. The number of ether oxygens (including phenoxy) is 2. The SMILES string of the molecule is CCOC(=O)c1nc([C@@]2(Cc3cccc(Br)c3)CC[C@H](N(Cc3ccc(OC)cc3)S(C)(=O)=O)C2)oc1C. The Morgan fingerprint density at radius 3 is 2.58 bits per heavy atom. The summed E-state index contributed by atoms with van der Waals surface area (Å²) in [5.41, 5.74) is 1.51. The van der Waals surface area contributed by atoms with Gasteiger partial charge in [-0.1, -0.05) is 40.2 Å². The van der Waals surface area contributed by atoms with E-state index in [-0.39, 0.29) is 24.9 Å². The van der Waals surface area contributed by atoms with Crippen molar-refractivity contribution in [3.05, 3.63) is 81.5 Å². The standard InChI is InChI=1S/C28H33BrN2O6S/c1-5-36-26(32)25-19(2)37-27(30-25)28(16-21-7-6-8-22(29)15-21)14-13-23(17-28)31(38(4,33)34)18-20-9-11-24(35-3)12-10-20/h6-12,15,23H,5,13-14,16-18H2,1-4H3/t23-,28+/m0/s1. The number of hydrogen-bond donors (Lipinski definition) is 0. The van der Waals surface area contributed by atoms with Gasteiger partial charge >= 0.3 is 5.97 Å². The zero-order valence-electron chi connectivity index (χ0n) is 22.1. The Morgan fingerprint density at radius 1 is 1.21 bits per heavy atom. The number of oxazole rings is 1. The number of carbonyl (C=O) groups is 1. The molecule has 0 aliphatic heterocycles. The number of esters is 1. The summed E-state index contributed by atoms with van der Waals surface area (Å²) in [6, 6.07) is 15.2. The number of carbonyl (C=O) groups excluding carboxylic acids is 1. The van der Waals surface area contributed by atoms with Crippen molar-refractivity contribution in [1.29, 1.82) is 0 Å². The van der Waals surface area contributed by atoms with Crippen molar-refractivity contribution in [2.75, 3.05) is 20.0 Å². The molecule has 10 heteroatoms. The minimum absolute atomic E-state index is 0.164. The number of aromatic nitrogens is 1. The fraction of sp³-hybridized carbons (Fsp3) is 0.429. The van der Waals surface area contributed by atoms with Crippen molar-refractivity contribution in [2.45, 2.75) is 57.5 Å². The van der Waals surface area contributed by atoms with E-state index in [0.29, 0.717) is 43.1 Å². The van der Waals surface area contributed by atoms with E-state index < -0.39 is 21.4 Å². The average molecular weight is 606 g/mol. The highest BCUT2D eigenvalue weighted by Crippen LogP contribution is 2.46. The van der Waals surface area contributed by atoms with Crippen LogP contribution in [-0.2, 0) is 33.1 Å². The largest absolute Gasteiger partial charge is 0.497 e. The van der Waals surface area contributed by atoms with E-state index in [1.807, 2.05) is 48.5 Å². The molecule has 0 unspecified atom stereocenters. The van der Waals surface area contributed by atoms with Gasteiger partial charge in [0, 0.05) is 17.1 Å². The molecule has 1 saturated carbocycles. The van der Waals surface area contributed by atoms with Gasteiger partial charge in [-0.2, -0.15) is 4.31 Å². The van der Waals surface area contributed by atoms with Crippen molar-refractivity contribution in [3.8, 4) is 5.75 Å². The summed E-state index contributed by atoms with van der Waals surface area (Å²) in [7, 11) is -1.93. The minimum atomic E-state index is -3.53. The number of benzene rings is 2. The van der Waals surface area contributed by atoms with Crippen LogP contribution in [0.15, 0.2) is 57.4 Å². The van der Waals surface area contributed by atoms with Crippen LogP contribution in [0.2, 0.25) is 0 Å². The molecule has 1 aliphatic carbocycles. The van der Waals surface area contributed by atoms with E-state index >= 15 is 0 Å². The molecule has 0 saturated heterocycles. The van der Waals surface area contributed by atoms with Gasteiger partial charge in [0.2, 0.25) is 15.9 Å². The lowest BCUT2D eigenvalue weighted by atomic mass is 9.79. The molecule has 2 aromatic carbocycles. The molecule has 38 heavy (non-hydrogen) atoms. The molecule has 1 aromatic heterocycles. The summed E-state index contributed by atoms with van der Waals surface area (Å²) < 4.78 is 45.1. The summed E-state index contributed by atoms with van der Waals surface area (Å²) in [4.78, 5) is 17.1. The van der Waals surface area contributed by atoms with Gasteiger partial charge in [0.05, 0.1) is 25.4 Å². The van der Waals surface area contributed by atoms with E-state index in [9.17, 15) is 13.2 Å². The monoisotopic (exact) mass is 604 g/mol. The second kappa shape index (κ2) is 11.6. The molecule has 0 N–H and O–H groups in total. The summed E-state index contributed by atoms with van der Waals surface area (Å²) >= 11 is 3.55. The Bertz CT molecular complexity index is 1390. The van der Waals surface area contributed by atoms with Crippen LogP contribution in [0.1, 0.15) is 59.5 Å². The lowest BCUT2D eigenvalue weighted by Crippen LogP contribution is -2.39. The molecular weight excluding hydrogens is 572 g/mol. The highest BCUT2D eigenvalue weighted by molar-refractivity contribution is 9.10. The zero-order chi connectivity index (χ0) is 27.5. The topological polar surface area (TPSA) is 98.9 Å². The molecule has 0 radical (unpaired) electrons. The Kier molecular flexibility index (Phi) is 8.64. The third kappa shape index (κ3) is 6.30. The first-order chi connectivity index (χ1) is 18.0. The first-order valence-electron chi connectivity index (χ1n) is 12.5. The lowest BCUT2D eigenvalue weighted by Gasteiger charge is -2.30. The van der Waals surface area contributed by atoms with Gasteiger partial charge in [0.25, 0.3) is 0 Å². The lowest BCUT2D eigenvalue weighted by molar-refractivity contribution is 0.0518. The maximum atomic E-state index is 13.0. The third-order valence-electron chi connectivity index (χ3n) is 7.06. The number of sulfonamides is 1. The Hall–Kier alpha value is -2.69. The van der Waals surface area contributed by atoms with Crippen molar-refractivity contribution in [2.24, 2.45) is 0 Å². The first kappa shape index (κ1) is 28.3. The van der Waals surface area contributed by atoms with Crippen LogP contribution >= 0.6 is 15.9 Å². The molecule has 4 rings (SSSR count). The smallest absolute Gasteiger partial charge is 0.360 e. The second-order valence-corrected chi connectivity index (χ2v) is 12.6. The Balaban J connectivity index is 1.70. The molecule has 0 spiro atoms. The van der Waals surface area contributed by atoms with Crippen LogP contribution < -0.4 is 4.74 Å². The van der Waals surface area contributed by atoms with Crippen LogP contribution in [0.5, 0.6) is 5.75 Å². The molecule has 0 bridgehead atoms. The Morgan fingerprint density at radius 2 is 1.95 bits per heavy atom. The van der Waals surface area contributed by atoms with Gasteiger partial charge in [-0.15, -0.1) is 0 Å². The number of rotatable bonds is 10. The van der Waals surface area contributed by atoms with E-state index in [0.717, 1.165) is 15.6 Å². The number of aryl methyl sites for hydroxylation is 1. The van der Waals surface area contributed by atoms with E-state index in [1.54, 1.807) is 25.3 Å². The highest BCUT2D eigenvalue weighted by atomic mass is 79.9. The number of hydrogen-bond acceptors (Lipinski definition) is 7. The Labute approximate surface area is 232 Å². The van der Waals surface area contributed by atoms with Crippen LogP contribution in [-0.4, -0.2) is 49.7 Å². The van der Waals surface area contributed by atoms with Crippen molar-refractivity contribution >= 4 is 31.9 Å². The maximum absolute atomic E-state index is 13.0. The summed E-state index contributed by atoms with van der Waals surface area (Å²) in [5, 5.41) is 0. The van der Waals surface area contributed by atoms with Crippen molar-refractivity contribution < 1.29 is 27.1 Å². The number of nitrogens with zero attached hydrogens (tertiary/aromatic N) is 2. The second-order valence-electron chi connectivity index (χ2n) is 9.78. The molecule has 1 heterocycles. The van der Waals surface area contributed by atoms with E-state index in [2.05, 4.69) is 20.9 Å². The molecule has 1 fully saturated rings. The van der Waals surface area contributed by atoms with Crippen LogP contribution in [0.25, 0.3) is 0 Å². The fourth-order valence-electron chi connectivity index (χ4n) is 5.25. The predicted octanol–water partition coefficient (Wildman–Crippen LogP) is 5.43. The van der Waals surface area contributed by atoms with Gasteiger partial charge in [0.1, 0.15) is 11.5 Å². The van der Waals surface area contributed by atoms with E-state index in [4.69, 9.17) is 13.9 Å². The van der Waals surface area contributed by atoms with Crippen molar-refractivity contribution in [3.63, 3.8) is 0 Å².